The highest BCUT2D eigenvalue weighted by Gasteiger charge is 2.25. The van der Waals surface area contributed by atoms with Crippen molar-refractivity contribution in [1.29, 1.82) is 0 Å². The maximum atomic E-state index is 12.7. The first kappa shape index (κ1) is 16.8. The maximum absolute atomic E-state index is 12.7. The average molecular weight is 351 g/mol. The minimum atomic E-state index is 0.210. The van der Waals surface area contributed by atoms with Gasteiger partial charge in [0, 0.05) is 43.7 Å². The van der Waals surface area contributed by atoms with E-state index in [1.54, 1.807) is 6.20 Å². The zero-order chi connectivity index (χ0) is 18.1. The van der Waals surface area contributed by atoms with E-state index >= 15 is 0 Å². The number of aryl methyl sites for hydroxylation is 3. The van der Waals surface area contributed by atoms with Crippen molar-refractivity contribution >= 4 is 16.9 Å². The summed E-state index contributed by atoms with van der Waals surface area (Å²) < 4.78 is 0. The molecule has 1 fully saturated rings. The average Bonchev–Trinajstić information content (AvgIpc) is 3.30. The van der Waals surface area contributed by atoms with Crippen LogP contribution in [0.4, 0.5) is 0 Å². The van der Waals surface area contributed by atoms with E-state index in [-0.39, 0.29) is 5.91 Å². The highest BCUT2D eigenvalue weighted by Crippen LogP contribution is 2.26. The molecule has 136 valence electrons. The van der Waals surface area contributed by atoms with Crippen LogP contribution in [0.1, 0.15) is 47.8 Å². The lowest BCUT2D eigenvalue weighted by Gasteiger charge is -2.32. The molecule has 2 aromatic heterocycles. The fourth-order valence-electron chi connectivity index (χ4n) is 3.78. The van der Waals surface area contributed by atoms with Gasteiger partial charge in [0.1, 0.15) is 5.82 Å². The zero-order valence-corrected chi connectivity index (χ0v) is 15.4. The summed E-state index contributed by atoms with van der Waals surface area (Å²) in [7, 11) is 0. The summed E-state index contributed by atoms with van der Waals surface area (Å²) in [6.45, 7) is 5.83. The van der Waals surface area contributed by atoms with Crippen molar-refractivity contribution in [2.75, 3.05) is 13.1 Å². The van der Waals surface area contributed by atoms with Crippen LogP contribution < -0.4 is 0 Å². The van der Waals surface area contributed by atoms with Crippen molar-refractivity contribution < 1.29 is 4.79 Å². The molecule has 3 heterocycles. The zero-order valence-electron chi connectivity index (χ0n) is 15.4. The Balaban J connectivity index is 1.39. The molecule has 1 unspecified atom stereocenters. The topological polar surface area (TPSA) is 77.7 Å². The number of likely N-dealkylation sites (tertiary alicyclic amines) is 1. The Morgan fingerprint density at radius 1 is 1.31 bits per heavy atom. The van der Waals surface area contributed by atoms with Crippen LogP contribution in [-0.4, -0.2) is 44.1 Å². The highest BCUT2D eigenvalue weighted by molar-refractivity contribution is 5.78. The van der Waals surface area contributed by atoms with Gasteiger partial charge in [-0.2, -0.15) is 5.10 Å². The summed E-state index contributed by atoms with van der Waals surface area (Å²) in [5, 5.41) is 7.08. The van der Waals surface area contributed by atoms with E-state index < -0.39 is 0 Å². The Hall–Kier alpha value is -2.63. The number of rotatable bonds is 4. The van der Waals surface area contributed by atoms with Gasteiger partial charge in [0.15, 0.2) is 0 Å². The number of fused-ring (bicyclic) bond motifs is 1. The number of hydrogen-bond donors (Lipinski definition) is 2. The number of hydrogen-bond acceptors (Lipinski definition) is 3. The Morgan fingerprint density at radius 2 is 2.15 bits per heavy atom. The molecular weight excluding hydrogens is 326 g/mol. The van der Waals surface area contributed by atoms with Gasteiger partial charge in [-0.25, -0.2) is 4.98 Å². The molecule has 4 rings (SSSR count). The lowest BCUT2D eigenvalue weighted by Crippen LogP contribution is -2.39. The number of nitrogens with zero attached hydrogens (tertiary/aromatic N) is 3. The van der Waals surface area contributed by atoms with E-state index in [0.29, 0.717) is 18.8 Å². The molecule has 6 nitrogen and oxygen atoms in total. The number of piperidine rings is 1. The molecule has 1 aliphatic heterocycles. The quantitative estimate of drug-likeness (QED) is 0.757. The van der Waals surface area contributed by atoms with E-state index in [1.807, 2.05) is 11.0 Å². The first-order valence-electron chi connectivity index (χ1n) is 9.33. The summed E-state index contributed by atoms with van der Waals surface area (Å²) >= 11 is 0. The molecule has 0 spiro atoms. The Labute approximate surface area is 153 Å². The molecule has 26 heavy (non-hydrogen) atoms. The lowest BCUT2D eigenvalue weighted by molar-refractivity contribution is -0.132. The third kappa shape index (κ3) is 3.36. The largest absolute Gasteiger partial charge is 0.342 e. The summed E-state index contributed by atoms with van der Waals surface area (Å²) in [4.78, 5) is 22.7. The third-order valence-electron chi connectivity index (χ3n) is 5.46. The molecule has 1 aromatic carbocycles. The number of carbonyl (C=O) groups excluding carboxylic acids is 1. The lowest BCUT2D eigenvalue weighted by atomic mass is 9.94. The van der Waals surface area contributed by atoms with Crippen molar-refractivity contribution in [3.8, 4) is 0 Å². The molecule has 1 amide bonds. The molecule has 0 radical (unpaired) electrons. The maximum Gasteiger partial charge on any atom is 0.223 e. The monoisotopic (exact) mass is 351 g/mol. The smallest absolute Gasteiger partial charge is 0.223 e. The Bertz CT molecular complexity index is 873. The van der Waals surface area contributed by atoms with Gasteiger partial charge in [-0.1, -0.05) is 0 Å². The van der Waals surface area contributed by atoms with Crippen molar-refractivity contribution in [3.63, 3.8) is 0 Å². The minimum Gasteiger partial charge on any atom is -0.342 e. The van der Waals surface area contributed by atoms with Gasteiger partial charge in [-0.05, 0) is 56.0 Å². The Kier molecular flexibility index (Phi) is 4.49. The number of aromatic nitrogens is 4. The predicted molar refractivity (Wildman–Crippen MR) is 101 cm³/mol. The van der Waals surface area contributed by atoms with Crippen LogP contribution in [0.25, 0.3) is 11.0 Å². The molecular formula is C20H25N5O. The Morgan fingerprint density at radius 3 is 2.96 bits per heavy atom. The van der Waals surface area contributed by atoms with Crippen molar-refractivity contribution in [2.45, 2.75) is 45.4 Å². The van der Waals surface area contributed by atoms with Crippen LogP contribution in [0.5, 0.6) is 0 Å². The fourth-order valence-corrected chi connectivity index (χ4v) is 3.78. The van der Waals surface area contributed by atoms with Crippen LogP contribution >= 0.6 is 0 Å². The fraction of sp³-hybridized carbons (Fsp3) is 0.450. The van der Waals surface area contributed by atoms with Crippen molar-refractivity contribution in [2.24, 2.45) is 0 Å². The molecule has 1 atom stereocenters. The van der Waals surface area contributed by atoms with E-state index in [1.165, 1.54) is 11.1 Å². The first-order chi connectivity index (χ1) is 12.6. The number of nitrogens with one attached hydrogen (secondary N) is 2. The third-order valence-corrected chi connectivity index (χ3v) is 5.46. The molecule has 0 saturated carbocycles. The highest BCUT2D eigenvalue weighted by atomic mass is 16.2. The first-order valence-corrected chi connectivity index (χ1v) is 9.33. The number of carbonyl (C=O) groups is 1. The standard InChI is InChI=1S/C20H25N5O/c1-13-10-17-18(11-14(13)2)23-19(22-17)5-6-20(26)25-9-3-4-15(12-25)16-7-8-21-24-16/h7-8,10-11,15H,3-6,9,12H2,1-2H3,(H,21,24)(H,22,23). The van der Waals surface area contributed by atoms with Gasteiger partial charge in [0.2, 0.25) is 5.91 Å². The van der Waals surface area contributed by atoms with E-state index in [4.69, 9.17) is 0 Å². The van der Waals surface area contributed by atoms with Crippen LogP contribution in [0.2, 0.25) is 0 Å². The summed E-state index contributed by atoms with van der Waals surface area (Å²) in [5.41, 5.74) is 5.65. The van der Waals surface area contributed by atoms with E-state index in [2.05, 4.69) is 46.1 Å². The molecule has 0 aliphatic carbocycles. The van der Waals surface area contributed by atoms with E-state index in [9.17, 15) is 4.79 Å². The van der Waals surface area contributed by atoms with Gasteiger partial charge < -0.3 is 9.88 Å². The van der Waals surface area contributed by atoms with E-state index in [0.717, 1.165) is 48.5 Å². The van der Waals surface area contributed by atoms with Crippen LogP contribution in [-0.2, 0) is 11.2 Å². The van der Waals surface area contributed by atoms with Gasteiger partial charge in [-0.15, -0.1) is 0 Å². The molecule has 0 bridgehead atoms. The number of amides is 1. The molecule has 3 aromatic rings. The predicted octanol–water partition coefficient (Wildman–Crippen LogP) is 3.24. The van der Waals surface area contributed by atoms with Gasteiger partial charge in [0.25, 0.3) is 0 Å². The second kappa shape index (κ2) is 6.94. The van der Waals surface area contributed by atoms with Gasteiger partial charge in [0.05, 0.1) is 11.0 Å². The number of H-pyrrole nitrogens is 2. The number of benzene rings is 1. The molecule has 1 aliphatic rings. The van der Waals surface area contributed by atoms with Gasteiger partial charge >= 0.3 is 0 Å². The minimum absolute atomic E-state index is 0.210. The number of imidazole rings is 1. The van der Waals surface area contributed by atoms with Crippen LogP contribution in [0, 0.1) is 13.8 Å². The molecule has 6 heteroatoms. The number of aromatic amines is 2. The molecule has 1 saturated heterocycles. The second-order valence-corrected chi connectivity index (χ2v) is 7.33. The van der Waals surface area contributed by atoms with Crippen molar-refractivity contribution in [1.82, 2.24) is 25.1 Å². The van der Waals surface area contributed by atoms with Crippen molar-refractivity contribution in [3.05, 3.63) is 47.0 Å². The van der Waals surface area contributed by atoms with Gasteiger partial charge in [-0.3, -0.25) is 9.89 Å². The summed E-state index contributed by atoms with van der Waals surface area (Å²) in [6, 6.07) is 6.24. The normalized spacial score (nSPS) is 17.8. The summed E-state index contributed by atoms with van der Waals surface area (Å²) in [5.74, 6) is 1.47. The van der Waals surface area contributed by atoms with Crippen LogP contribution in [0.3, 0.4) is 0 Å². The SMILES string of the molecule is Cc1cc2nc(CCC(=O)N3CCCC(c4ccn[nH]4)C3)[nH]c2cc1C. The molecule has 2 N–H and O–H groups in total. The second-order valence-electron chi connectivity index (χ2n) is 7.33. The summed E-state index contributed by atoms with van der Waals surface area (Å²) in [6.07, 6.45) is 5.07. The van der Waals surface area contributed by atoms with Crippen LogP contribution in [0.15, 0.2) is 24.4 Å².